The van der Waals surface area contributed by atoms with Gasteiger partial charge in [-0.3, -0.25) is 10.1 Å². The van der Waals surface area contributed by atoms with E-state index in [4.69, 9.17) is 4.99 Å². The Balaban J connectivity index is 3.12. The molecule has 0 bridgehead atoms. The fourth-order valence-electron chi connectivity index (χ4n) is 4.07. The number of benzene rings is 1. The number of aliphatic imine (C=N–C) groups is 1. The standard InChI is InChI=1S/C27H43F3N4O/c1-10-17-34(26(9,11-2)12-3)20(5)18-19(4)31-24(33-25(6,7)8)32-23(35)21-13-15-22(16-14-21)27(28,29)30/h13-17,19-20H,10-12,18H2,1-9H3,(H-,31,32,33,35)/p+1. The van der Waals surface area contributed by atoms with Gasteiger partial charge >= 0.3 is 6.18 Å². The lowest BCUT2D eigenvalue weighted by Gasteiger charge is -2.30. The number of hydrogen-bond donors (Lipinski definition) is 2. The summed E-state index contributed by atoms with van der Waals surface area (Å²) in [6.45, 7) is 18.9. The molecule has 0 aliphatic rings. The van der Waals surface area contributed by atoms with E-state index in [0.29, 0.717) is 5.96 Å². The molecule has 198 valence electrons. The maximum absolute atomic E-state index is 12.9. The van der Waals surface area contributed by atoms with E-state index in [1.165, 1.54) is 12.1 Å². The maximum Gasteiger partial charge on any atom is 0.416 e. The van der Waals surface area contributed by atoms with Gasteiger partial charge < -0.3 is 5.32 Å². The first-order valence-corrected chi connectivity index (χ1v) is 12.5. The van der Waals surface area contributed by atoms with E-state index in [9.17, 15) is 18.0 Å². The third-order valence-corrected chi connectivity index (χ3v) is 6.23. The zero-order valence-electron chi connectivity index (χ0n) is 22.8. The molecule has 0 fully saturated rings. The van der Waals surface area contributed by atoms with E-state index in [-0.39, 0.29) is 28.7 Å². The van der Waals surface area contributed by atoms with Gasteiger partial charge in [-0.1, -0.05) is 20.8 Å². The molecule has 0 spiro atoms. The van der Waals surface area contributed by atoms with Crippen molar-refractivity contribution >= 4 is 18.1 Å². The van der Waals surface area contributed by atoms with Gasteiger partial charge in [-0.05, 0) is 58.9 Å². The Morgan fingerprint density at radius 2 is 1.57 bits per heavy atom. The quantitative estimate of drug-likeness (QED) is 0.235. The number of nitrogens with one attached hydrogen (secondary N) is 2. The molecule has 35 heavy (non-hydrogen) atoms. The second-order valence-corrected chi connectivity index (χ2v) is 10.5. The Bertz CT molecular complexity index is 879. The van der Waals surface area contributed by atoms with Crippen molar-refractivity contribution in [2.45, 2.75) is 117 Å². The van der Waals surface area contributed by atoms with E-state index in [1.54, 1.807) is 0 Å². The highest BCUT2D eigenvalue weighted by Gasteiger charge is 2.36. The number of guanidine groups is 1. The summed E-state index contributed by atoms with van der Waals surface area (Å²) in [7, 11) is 0. The minimum Gasteiger partial charge on any atom is -0.351 e. The Hall–Kier alpha value is -2.38. The normalized spacial score (nSPS) is 15.5. The molecule has 0 aliphatic carbocycles. The van der Waals surface area contributed by atoms with Crippen molar-refractivity contribution < 1.29 is 22.5 Å². The fraction of sp³-hybridized carbons (Fsp3) is 0.667. The Morgan fingerprint density at radius 3 is 2.00 bits per heavy atom. The van der Waals surface area contributed by atoms with Gasteiger partial charge in [0.15, 0.2) is 17.5 Å². The molecule has 0 saturated heterocycles. The Labute approximate surface area is 209 Å². The first kappa shape index (κ1) is 30.7. The van der Waals surface area contributed by atoms with Gasteiger partial charge in [0, 0.05) is 43.7 Å². The zero-order valence-corrected chi connectivity index (χ0v) is 22.8. The summed E-state index contributed by atoms with van der Waals surface area (Å²) in [4.78, 5) is 17.5. The largest absolute Gasteiger partial charge is 0.416 e. The van der Waals surface area contributed by atoms with Crippen LogP contribution in [-0.4, -0.2) is 45.8 Å². The highest BCUT2D eigenvalue weighted by Crippen LogP contribution is 2.29. The molecule has 1 rings (SSSR count). The lowest BCUT2D eigenvalue weighted by atomic mass is 9.92. The van der Waals surface area contributed by atoms with Gasteiger partial charge in [0.1, 0.15) is 6.21 Å². The topological polar surface area (TPSA) is 56.5 Å². The summed E-state index contributed by atoms with van der Waals surface area (Å²) in [5, 5.41) is 5.98. The van der Waals surface area contributed by atoms with Crippen LogP contribution in [0.4, 0.5) is 13.2 Å². The number of halogens is 3. The van der Waals surface area contributed by atoms with Crippen LogP contribution in [0.5, 0.6) is 0 Å². The monoisotopic (exact) mass is 497 g/mol. The molecular weight excluding hydrogens is 453 g/mol. The molecular formula is C27H44F3N4O+. The molecule has 1 amide bonds. The van der Waals surface area contributed by atoms with E-state index < -0.39 is 17.6 Å². The summed E-state index contributed by atoms with van der Waals surface area (Å²) in [5.41, 5.74) is -0.976. The van der Waals surface area contributed by atoms with E-state index in [1.807, 2.05) is 27.7 Å². The average Bonchev–Trinajstić information content (AvgIpc) is 2.75. The molecule has 2 unspecified atom stereocenters. The highest BCUT2D eigenvalue weighted by atomic mass is 19.4. The van der Waals surface area contributed by atoms with Crippen LogP contribution >= 0.6 is 0 Å². The third kappa shape index (κ3) is 9.65. The van der Waals surface area contributed by atoms with Crippen molar-refractivity contribution in [1.82, 2.24) is 10.6 Å². The third-order valence-electron chi connectivity index (χ3n) is 6.23. The predicted octanol–water partition coefficient (Wildman–Crippen LogP) is 6.42. The van der Waals surface area contributed by atoms with Crippen LogP contribution in [0.15, 0.2) is 29.3 Å². The van der Waals surface area contributed by atoms with Crippen molar-refractivity contribution in [2.75, 3.05) is 0 Å². The van der Waals surface area contributed by atoms with Gasteiger partial charge in [-0.25, -0.2) is 9.57 Å². The molecule has 0 heterocycles. The van der Waals surface area contributed by atoms with Gasteiger partial charge in [0.05, 0.1) is 11.6 Å². The van der Waals surface area contributed by atoms with Crippen LogP contribution in [0.25, 0.3) is 0 Å². The highest BCUT2D eigenvalue weighted by molar-refractivity contribution is 6.05. The van der Waals surface area contributed by atoms with Crippen LogP contribution in [0.3, 0.4) is 0 Å². The lowest BCUT2D eigenvalue weighted by molar-refractivity contribution is -0.633. The van der Waals surface area contributed by atoms with Crippen molar-refractivity contribution in [3.8, 4) is 0 Å². The SMILES string of the molecule is CCC=[N+](C(C)CC(C)N=C(NC(=O)c1ccc(C(F)(F)F)cc1)NC(C)(C)C)C(C)(CC)CC. The van der Waals surface area contributed by atoms with Gasteiger partial charge in [-0.15, -0.1) is 0 Å². The predicted molar refractivity (Wildman–Crippen MR) is 138 cm³/mol. The summed E-state index contributed by atoms with van der Waals surface area (Å²) >= 11 is 0. The molecule has 5 nitrogen and oxygen atoms in total. The summed E-state index contributed by atoms with van der Waals surface area (Å²) < 4.78 is 41.0. The molecule has 0 aliphatic heterocycles. The molecule has 2 atom stereocenters. The van der Waals surface area contributed by atoms with Crippen LogP contribution in [0.2, 0.25) is 0 Å². The number of hydrogen-bond acceptors (Lipinski definition) is 2. The second kappa shape index (κ2) is 12.5. The average molecular weight is 498 g/mol. The number of alkyl halides is 3. The number of amides is 1. The molecule has 1 aromatic rings. The fourth-order valence-corrected chi connectivity index (χ4v) is 4.07. The van der Waals surface area contributed by atoms with Crippen LogP contribution in [0, 0.1) is 0 Å². The maximum atomic E-state index is 12.9. The lowest BCUT2D eigenvalue weighted by Crippen LogP contribution is -2.50. The van der Waals surface area contributed by atoms with Crippen molar-refractivity contribution in [3.05, 3.63) is 35.4 Å². The molecule has 1 aromatic carbocycles. The number of carbonyl (C=O) groups is 1. The zero-order chi connectivity index (χ0) is 27.0. The van der Waals surface area contributed by atoms with Crippen molar-refractivity contribution in [1.29, 1.82) is 0 Å². The summed E-state index contributed by atoms with van der Waals surface area (Å²) in [6.07, 6.45) is 1.59. The molecule has 0 saturated carbocycles. The van der Waals surface area contributed by atoms with Gasteiger partial charge in [0.25, 0.3) is 5.91 Å². The second-order valence-electron chi connectivity index (χ2n) is 10.5. The Kier molecular flexibility index (Phi) is 11.0. The van der Waals surface area contributed by atoms with E-state index in [0.717, 1.165) is 37.8 Å². The first-order chi connectivity index (χ1) is 16.1. The van der Waals surface area contributed by atoms with Crippen molar-refractivity contribution in [2.24, 2.45) is 4.99 Å². The summed E-state index contributed by atoms with van der Waals surface area (Å²) in [6, 6.07) is 4.29. The van der Waals surface area contributed by atoms with Crippen LogP contribution in [-0.2, 0) is 6.18 Å². The molecule has 2 N–H and O–H groups in total. The first-order valence-electron chi connectivity index (χ1n) is 12.5. The molecule has 0 radical (unpaired) electrons. The minimum atomic E-state index is -4.45. The summed E-state index contributed by atoms with van der Waals surface area (Å²) in [5.74, 6) is -0.207. The molecule has 0 aromatic heterocycles. The van der Waals surface area contributed by atoms with Gasteiger partial charge in [0.2, 0.25) is 0 Å². The van der Waals surface area contributed by atoms with Crippen molar-refractivity contribution in [3.63, 3.8) is 0 Å². The van der Waals surface area contributed by atoms with Crippen LogP contribution < -0.4 is 10.6 Å². The minimum absolute atomic E-state index is 0.0577. The number of rotatable bonds is 9. The number of carbonyl (C=O) groups excluding carboxylic acids is 1. The smallest absolute Gasteiger partial charge is 0.351 e. The van der Waals surface area contributed by atoms with E-state index in [2.05, 4.69) is 56.0 Å². The van der Waals surface area contributed by atoms with Gasteiger partial charge in [-0.2, -0.15) is 13.2 Å². The number of nitrogens with zero attached hydrogens (tertiary/aromatic N) is 2. The van der Waals surface area contributed by atoms with E-state index >= 15 is 0 Å². The Morgan fingerprint density at radius 1 is 1.03 bits per heavy atom. The molecule has 8 heteroatoms. The van der Waals surface area contributed by atoms with Crippen LogP contribution in [0.1, 0.15) is 104 Å².